The quantitative estimate of drug-likeness (QED) is 0.439. The maximum Gasteiger partial charge on any atom is 0.334 e. The van der Waals surface area contributed by atoms with Crippen molar-refractivity contribution in [3.63, 3.8) is 0 Å². The number of allylic oxidation sites excluding steroid dienone is 1. The van der Waals surface area contributed by atoms with E-state index in [9.17, 15) is 19.2 Å². The average molecular weight is 375 g/mol. The summed E-state index contributed by atoms with van der Waals surface area (Å²) in [7, 11) is 0. The molecule has 3 rings (SSSR count). The SMILES string of the molecule is C[C@H]1CCCC[C@H]1NC(=O)CN1C(=O)C(=O)N(CCC2=CCCCC2)C1=O. The van der Waals surface area contributed by atoms with E-state index >= 15 is 0 Å². The summed E-state index contributed by atoms with van der Waals surface area (Å²) in [5.41, 5.74) is 1.23. The molecule has 1 heterocycles. The van der Waals surface area contributed by atoms with E-state index in [4.69, 9.17) is 0 Å². The van der Waals surface area contributed by atoms with Gasteiger partial charge in [0.25, 0.3) is 0 Å². The zero-order valence-electron chi connectivity index (χ0n) is 16.0. The largest absolute Gasteiger partial charge is 0.352 e. The zero-order chi connectivity index (χ0) is 19.4. The molecule has 1 N–H and O–H groups in total. The number of nitrogens with one attached hydrogen (secondary N) is 1. The first-order chi connectivity index (χ1) is 13.0. The molecule has 0 radical (unpaired) electrons. The topological polar surface area (TPSA) is 86.8 Å². The molecule has 2 aliphatic carbocycles. The van der Waals surface area contributed by atoms with Crippen molar-refractivity contribution < 1.29 is 19.2 Å². The van der Waals surface area contributed by atoms with Crippen LogP contribution in [0.1, 0.15) is 64.7 Å². The molecule has 7 heteroatoms. The highest BCUT2D eigenvalue weighted by molar-refractivity contribution is 6.45. The lowest BCUT2D eigenvalue weighted by molar-refractivity contribution is -0.144. The van der Waals surface area contributed by atoms with Gasteiger partial charge in [-0.3, -0.25) is 19.3 Å². The second-order valence-electron chi connectivity index (χ2n) is 7.92. The molecule has 148 valence electrons. The van der Waals surface area contributed by atoms with Crippen LogP contribution in [0.4, 0.5) is 4.79 Å². The summed E-state index contributed by atoms with van der Waals surface area (Å²) in [5, 5.41) is 2.93. The molecule has 1 saturated heterocycles. The number of urea groups is 1. The first kappa shape index (κ1) is 19.6. The number of imide groups is 2. The van der Waals surface area contributed by atoms with E-state index in [1.165, 1.54) is 12.0 Å². The van der Waals surface area contributed by atoms with Crippen LogP contribution >= 0.6 is 0 Å². The molecule has 1 aliphatic heterocycles. The molecule has 3 aliphatic rings. The van der Waals surface area contributed by atoms with Crippen molar-refractivity contribution >= 4 is 23.8 Å². The average Bonchev–Trinajstić information content (AvgIpc) is 2.86. The highest BCUT2D eigenvalue weighted by Crippen LogP contribution is 2.24. The fraction of sp³-hybridized carbons (Fsp3) is 0.700. The fourth-order valence-electron chi connectivity index (χ4n) is 4.20. The van der Waals surface area contributed by atoms with Crippen LogP contribution in [0.5, 0.6) is 0 Å². The van der Waals surface area contributed by atoms with Gasteiger partial charge in [0.05, 0.1) is 0 Å². The number of hydrogen-bond acceptors (Lipinski definition) is 4. The van der Waals surface area contributed by atoms with Gasteiger partial charge in [-0.25, -0.2) is 9.69 Å². The van der Waals surface area contributed by atoms with Crippen molar-refractivity contribution in [1.29, 1.82) is 0 Å². The van der Waals surface area contributed by atoms with E-state index in [0.29, 0.717) is 12.3 Å². The predicted octanol–water partition coefficient (Wildman–Crippen LogP) is 2.36. The van der Waals surface area contributed by atoms with Crippen LogP contribution in [0.25, 0.3) is 0 Å². The number of hydrogen-bond donors (Lipinski definition) is 1. The van der Waals surface area contributed by atoms with Gasteiger partial charge in [-0.2, -0.15) is 0 Å². The van der Waals surface area contributed by atoms with Gasteiger partial charge in [-0.15, -0.1) is 0 Å². The number of amides is 5. The van der Waals surface area contributed by atoms with Gasteiger partial charge >= 0.3 is 17.8 Å². The Bertz CT molecular complexity index is 658. The molecule has 1 saturated carbocycles. The fourth-order valence-corrected chi connectivity index (χ4v) is 4.20. The van der Waals surface area contributed by atoms with Gasteiger partial charge in [0.1, 0.15) is 6.54 Å². The molecule has 5 amide bonds. The van der Waals surface area contributed by atoms with Gasteiger partial charge in [0.2, 0.25) is 5.91 Å². The Morgan fingerprint density at radius 2 is 1.81 bits per heavy atom. The minimum Gasteiger partial charge on any atom is -0.352 e. The number of rotatable bonds is 6. The Labute approximate surface area is 160 Å². The second kappa shape index (κ2) is 8.67. The first-order valence-electron chi connectivity index (χ1n) is 10.1. The van der Waals surface area contributed by atoms with Crippen molar-refractivity contribution in [3.05, 3.63) is 11.6 Å². The standard InChI is InChI=1S/C20H29N3O4/c1-14-7-5-6-10-16(14)21-17(24)13-23-19(26)18(25)22(20(23)27)12-11-15-8-3-2-4-9-15/h8,14,16H,2-7,9-13H2,1H3,(H,21,24)/t14-,16+/m0/s1. The molecule has 0 aromatic rings. The third-order valence-corrected chi connectivity index (χ3v) is 5.94. The second-order valence-corrected chi connectivity index (χ2v) is 7.92. The van der Waals surface area contributed by atoms with Gasteiger partial charge < -0.3 is 5.32 Å². The van der Waals surface area contributed by atoms with E-state index in [1.54, 1.807) is 0 Å². The highest BCUT2D eigenvalue weighted by Gasteiger charge is 2.45. The van der Waals surface area contributed by atoms with Crippen molar-refractivity contribution in [1.82, 2.24) is 15.1 Å². The maximum absolute atomic E-state index is 12.5. The van der Waals surface area contributed by atoms with Crippen LogP contribution in [0, 0.1) is 5.92 Å². The Morgan fingerprint density at radius 1 is 1.07 bits per heavy atom. The normalized spacial score (nSPS) is 26.4. The molecule has 0 bridgehead atoms. The molecule has 27 heavy (non-hydrogen) atoms. The summed E-state index contributed by atoms with van der Waals surface area (Å²) >= 11 is 0. The highest BCUT2D eigenvalue weighted by atomic mass is 16.2. The van der Waals surface area contributed by atoms with E-state index in [0.717, 1.165) is 54.7 Å². The number of carbonyl (C=O) groups excluding carboxylic acids is 4. The third-order valence-electron chi connectivity index (χ3n) is 5.94. The predicted molar refractivity (Wildman–Crippen MR) is 99.6 cm³/mol. The Kier molecular flexibility index (Phi) is 6.29. The van der Waals surface area contributed by atoms with E-state index in [1.807, 2.05) is 0 Å². The lowest BCUT2D eigenvalue weighted by atomic mass is 9.86. The van der Waals surface area contributed by atoms with Crippen LogP contribution < -0.4 is 5.32 Å². The number of carbonyl (C=O) groups is 4. The lowest BCUT2D eigenvalue weighted by Crippen LogP contribution is -2.47. The van der Waals surface area contributed by atoms with Crippen LogP contribution in [-0.4, -0.2) is 52.7 Å². The van der Waals surface area contributed by atoms with Gasteiger partial charge in [-0.1, -0.05) is 31.4 Å². The van der Waals surface area contributed by atoms with Crippen LogP contribution in [0.3, 0.4) is 0 Å². The maximum atomic E-state index is 12.5. The van der Waals surface area contributed by atoms with E-state index in [-0.39, 0.29) is 25.0 Å². The van der Waals surface area contributed by atoms with Gasteiger partial charge in [-0.05, 0) is 50.9 Å². The van der Waals surface area contributed by atoms with Crippen LogP contribution in [0.2, 0.25) is 0 Å². The van der Waals surface area contributed by atoms with Crippen molar-refractivity contribution in [3.8, 4) is 0 Å². The third kappa shape index (κ3) is 4.57. The molecule has 0 aromatic carbocycles. The Hall–Kier alpha value is -2.18. The zero-order valence-corrected chi connectivity index (χ0v) is 16.0. The van der Waals surface area contributed by atoms with E-state index < -0.39 is 17.8 Å². The minimum absolute atomic E-state index is 0.0732. The minimum atomic E-state index is -0.899. The van der Waals surface area contributed by atoms with Crippen molar-refractivity contribution in [2.24, 2.45) is 5.92 Å². The van der Waals surface area contributed by atoms with Gasteiger partial charge in [0, 0.05) is 12.6 Å². The Morgan fingerprint density at radius 3 is 2.52 bits per heavy atom. The number of nitrogens with zero attached hydrogens (tertiary/aromatic N) is 2. The summed E-state index contributed by atoms with van der Waals surface area (Å²) < 4.78 is 0. The smallest absolute Gasteiger partial charge is 0.334 e. The lowest BCUT2D eigenvalue weighted by Gasteiger charge is -2.29. The summed E-state index contributed by atoms with van der Waals surface area (Å²) in [4.78, 5) is 51.0. The van der Waals surface area contributed by atoms with E-state index in [2.05, 4.69) is 18.3 Å². The monoisotopic (exact) mass is 375 g/mol. The Balaban J connectivity index is 1.55. The summed E-state index contributed by atoms with van der Waals surface area (Å²) in [6.45, 7) is 1.92. The summed E-state index contributed by atoms with van der Waals surface area (Å²) in [6.07, 6.45) is 11.3. The molecule has 2 atom stereocenters. The molecule has 0 unspecified atom stereocenters. The van der Waals surface area contributed by atoms with Gasteiger partial charge in [0.15, 0.2) is 0 Å². The van der Waals surface area contributed by atoms with Crippen molar-refractivity contribution in [2.75, 3.05) is 13.1 Å². The molecule has 0 spiro atoms. The van der Waals surface area contributed by atoms with Crippen molar-refractivity contribution in [2.45, 2.75) is 70.8 Å². The van der Waals surface area contributed by atoms with Crippen LogP contribution in [-0.2, 0) is 14.4 Å². The summed E-state index contributed by atoms with van der Waals surface area (Å²) in [6, 6.07) is -0.600. The molecular formula is C20H29N3O4. The molecule has 7 nitrogen and oxygen atoms in total. The molecule has 2 fully saturated rings. The van der Waals surface area contributed by atoms with Crippen LogP contribution in [0.15, 0.2) is 11.6 Å². The first-order valence-corrected chi connectivity index (χ1v) is 10.1. The molecular weight excluding hydrogens is 346 g/mol. The molecule has 0 aromatic heterocycles. The summed E-state index contributed by atoms with van der Waals surface area (Å²) in [5.74, 6) is -1.71.